The summed E-state index contributed by atoms with van der Waals surface area (Å²) in [5, 5.41) is 4.78. The van der Waals surface area contributed by atoms with Gasteiger partial charge in [0.1, 0.15) is 5.82 Å². The Kier molecular flexibility index (Phi) is 6.32. The number of piperazine rings is 1. The molecule has 8 heteroatoms. The molecule has 0 amide bonds. The van der Waals surface area contributed by atoms with Crippen molar-refractivity contribution in [3.8, 4) is 0 Å². The van der Waals surface area contributed by atoms with E-state index in [0.29, 0.717) is 24.3 Å². The maximum atomic E-state index is 5.13. The van der Waals surface area contributed by atoms with Crippen LogP contribution >= 0.6 is 0 Å². The molecule has 1 saturated heterocycles. The summed E-state index contributed by atoms with van der Waals surface area (Å²) in [7, 11) is 0. The van der Waals surface area contributed by atoms with Crippen LogP contribution in [0.3, 0.4) is 0 Å². The fraction of sp³-hybridized carbons (Fsp3) is 0.412. The first-order chi connectivity index (χ1) is 20.6. The fourth-order valence-electron chi connectivity index (χ4n) is 6.51. The quantitative estimate of drug-likeness (QED) is 0.255. The van der Waals surface area contributed by atoms with Gasteiger partial charge in [-0.25, -0.2) is 15.0 Å². The van der Waals surface area contributed by atoms with Crippen molar-refractivity contribution in [2.75, 3.05) is 42.9 Å². The largest absolute Gasteiger partial charge is 0.379 e. The second kappa shape index (κ2) is 10.3. The molecule has 4 aromatic heterocycles. The van der Waals surface area contributed by atoms with E-state index in [-0.39, 0.29) is 0 Å². The summed E-state index contributed by atoms with van der Waals surface area (Å²) < 4.78 is 2.27. The molecule has 214 valence electrons. The Bertz CT molecular complexity index is 1760. The Labute approximate surface area is 246 Å². The lowest BCUT2D eigenvalue weighted by atomic mass is 10.1. The van der Waals surface area contributed by atoms with Gasteiger partial charge in [-0.1, -0.05) is 19.1 Å². The third-order valence-electron chi connectivity index (χ3n) is 9.31. The van der Waals surface area contributed by atoms with Crippen LogP contribution in [0.25, 0.3) is 16.6 Å². The number of pyridine rings is 2. The second-order valence-electron chi connectivity index (χ2n) is 12.3. The molecule has 0 unspecified atom stereocenters. The Morgan fingerprint density at radius 1 is 0.905 bits per heavy atom. The summed E-state index contributed by atoms with van der Waals surface area (Å²) in [6, 6.07) is 15.2. The molecule has 1 aliphatic heterocycles. The number of hydrogen-bond donors (Lipinski definition) is 1. The van der Waals surface area contributed by atoms with Crippen molar-refractivity contribution >= 4 is 27.9 Å². The number of likely N-dealkylation sites (N-methyl/N-ethyl adjacent to an activating group) is 1. The highest BCUT2D eigenvalue weighted by atomic mass is 15.3. The third-order valence-corrected chi connectivity index (χ3v) is 9.31. The number of nitrogens with zero attached hydrogens (tertiary/aromatic N) is 7. The van der Waals surface area contributed by atoms with Gasteiger partial charge in [-0.15, -0.1) is 0 Å². The second-order valence-corrected chi connectivity index (χ2v) is 12.3. The van der Waals surface area contributed by atoms with Crippen molar-refractivity contribution in [1.82, 2.24) is 29.2 Å². The fourth-order valence-corrected chi connectivity index (χ4v) is 6.51. The molecule has 2 saturated carbocycles. The number of aromatic nitrogens is 5. The number of fused-ring (bicyclic) bond motifs is 2. The van der Waals surface area contributed by atoms with Crippen molar-refractivity contribution in [3.63, 3.8) is 0 Å². The van der Waals surface area contributed by atoms with Crippen LogP contribution in [0.1, 0.15) is 72.4 Å². The first kappa shape index (κ1) is 25.7. The smallest absolute Gasteiger partial charge is 0.160 e. The Morgan fingerprint density at radius 3 is 2.57 bits per heavy atom. The van der Waals surface area contributed by atoms with E-state index in [4.69, 9.17) is 9.97 Å². The van der Waals surface area contributed by atoms with E-state index in [9.17, 15) is 0 Å². The lowest BCUT2D eigenvalue weighted by Gasteiger charge is -2.35. The SMILES string of the molecule is CCN1CCN(c2cc(C3CC3)cn3cc(CNc4ccc5ccc([C@H]6C[C@@H]6c6nccc(C)n6)nc5c4)nc23)CC1. The highest BCUT2D eigenvalue weighted by Crippen LogP contribution is 2.53. The first-order valence-corrected chi connectivity index (χ1v) is 15.5. The summed E-state index contributed by atoms with van der Waals surface area (Å²) in [5.41, 5.74) is 9.11. The Hall–Kier alpha value is -4.04. The zero-order chi connectivity index (χ0) is 28.2. The van der Waals surface area contributed by atoms with Crippen molar-refractivity contribution in [1.29, 1.82) is 0 Å². The van der Waals surface area contributed by atoms with E-state index in [1.54, 1.807) is 0 Å². The van der Waals surface area contributed by atoms with Crippen molar-refractivity contribution in [2.45, 2.75) is 57.4 Å². The number of rotatable bonds is 8. The van der Waals surface area contributed by atoms with Crippen LogP contribution in [0.15, 0.2) is 61.1 Å². The van der Waals surface area contributed by atoms with Crippen LogP contribution in [-0.4, -0.2) is 62.0 Å². The molecule has 1 N–H and O–H groups in total. The average molecular weight is 559 g/mol. The molecule has 0 spiro atoms. The zero-order valence-corrected chi connectivity index (χ0v) is 24.5. The van der Waals surface area contributed by atoms with Gasteiger partial charge in [0.05, 0.1) is 23.4 Å². The predicted octanol–water partition coefficient (Wildman–Crippen LogP) is 5.88. The zero-order valence-electron chi connectivity index (χ0n) is 24.5. The number of benzene rings is 1. The molecule has 8 rings (SSSR count). The van der Waals surface area contributed by atoms with E-state index in [0.717, 1.165) is 84.3 Å². The average Bonchev–Trinajstić information content (AvgIpc) is 3.96. The van der Waals surface area contributed by atoms with Gasteiger partial charge in [0.25, 0.3) is 0 Å². The van der Waals surface area contributed by atoms with Crippen LogP contribution in [0, 0.1) is 6.92 Å². The topological polar surface area (TPSA) is 74.5 Å². The van der Waals surface area contributed by atoms with Crippen molar-refractivity contribution in [3.05, 3.63) is 89.5 Å². The number of hydrogen-bond acceptors (Lipinski definition) is 7. The van der Waals surface area contributed by atoms with Crippen LogP contribution in [0.4, 0.5) is 11.4 Å². The van der Waals surface area contributed by atoms with Crippen LogP contribution in [-0.2, 0) is 6.54 Å². The van der Waals surface area contributed by atoms with Crippen LogP contribution in [0.2, 0.25) is 0 Å². The molecule has 42 heavy (non-hydrogen) atoms. The number of imidazole rings is 1. The van der Waals surface area contributed by atoms with E-state index < -0.39 is 0 Å². The molecule has 3 aliphatic rings. The Balaban J connectivity index is 1.01. The summed E-state index contributed by atoms with van der Waals surface area (Å²) >= 11 is 0. The molecule has 3 fully saturated rings. The van der Waals surface area contributed by atoms with Crippen molar-refractivity contribution < 1.29 is 0 Å². The molecule has 2 aliphatic carbocycles. The normalized spacial score (nSPS) is 20.9. The molecule has 5 aromatic rings. The molecule has 1 aromatic carbocycles. The standard InChI is InChI=1S/C34H38N8/c1-3-40-12-14-41(15-13-40)32-16-25(23-4-5-23)20-42-21-27(38-34(32)42)19-36-26-8-6-24-7-9-30(39-31(24)17-26)28-18-29(28)33-35-11-10-22(2)37-33/h6-11,16-17,20-21,23,28-29,36H,3-5,12-15,18-19H2,1-2H3/t28-,29-/m0/s1. The number of anilines is 2. The summed E-state index contributed by atoms with van der Waals surface area (Å²) in [6.45, 7) is 10.4. The minimum absolute atomic E-state index is 0.368. The van der Waals surface area contributed by atoms with Gasteiger partial charge in [-0.3, -0.25) is 4.98 Å². The lowest BCUT2D eigenvalue weighted by molar-refractivity contribution is 0.271. The summed E-state index contributed by atoms with van der Waals surface area (Å²) in [4.78, 5) is 24.4. The van der Waals surface area contributed by atoms with E-state index in [1.807, 2.05) is 19.2 Å². The third kappa shape index (κ3) is 4.98. The van der Waals surface area contributed by atoms with Gasteiger partial charge in [0.15, 0.2) is 5.65 Å². The highest BCUT2D eigenvalue weighted by molar-refractivity contribution is 5.82. The maximum absolute atomic E-state index is 5.13. The lowest BCUT2D eigenvalue weighted by Crippen LogP contribution is -2.46. The van der Waals surface area contributed by atoms with Crippen LogP contribution < -0.4 is 10.2 Å². The molecule has 0 radical (unpaired) electrons. The van der Waals surface area contributed by atoms with E-state index >= 15 is 0 Å². The van der Waals surface area contributed by atoms with Gasteiger partial charge in [0.2, 0.25) is 0 Å². The number of nitrogens with one attached hydrogen (secondary N) is 1. The van der Waals surface area contributed by atoms with Gasteiger partial charge >= 0.3 is 0 Å². The monoisotopic (exact) mass is 558 g/mol. The van der Waals surface area contributed by atoms with E-state index in [1.165, 1.54) is 24.1 Å². The summed E-state index contributed by atoms with van der Waals surface area (Å²) in [6.07, 6.45) is 10.0. The van der Waals surface area contributed by atoms with Crippen LogP contribution in [0.5, 0.6) is 0 Å². The van der Waals surface area contributed by atoms with Crippen molar-refractivity contribution in [2.24, 2.45) is 0 Å². The molecular weight excluding hydrogens is 520 g/mol. The van der Waals surface area contributed by atoms with Gasteiger partial charge in [0, 0.05) is 79.1 Å². The molecule has 5 heterocycles. The number of aryl methyl sites for hydroxylation is 1. The van der Waals surface area contributed by atoms with Gasteiger partial charge < -0.3 is 19.5 Å². The maximum Gasteiger partial charge on any atom is 0.160 e. The highest BCUT2D eigenvalue weighted by Gasteiger charge is 2.42. The minimum Gasteiger partial charge on any atom is -0.379 e. The summed E-state index contributed by atoms with van der Waals surface area (Å²) in [5.74, 6) is 2.41. The van der Waals surface area contributed by atoms with Gasteiger partial charge in [-0.05, 0) is 74.5 Å². The molecule has 8 nitrogen and oxygen atoms in total. The van der Waals surface area contributed by atoms with Gasteiger partial charge in [-0.2, -0.15) is 0 Å². The molecule has 0 bridgehead atoms. The Morgan fingerprint density at radius 2 is 1.76 bits per heavy atom. The molecular formula is C34H38N8. The predicted molar refractivity (Wildman–Crippen MR) is 167 cm³/mol. The minimum atomic E-state index is 0.368. The van der Waals surface area contributed by atoms with E-state index in [2.05, 4.69) is 85.2 Å². The first-order valence-electron chi connectivity index (χ1n) is 15.5. The molecule has 2 atom stereocenters.